The molecule has 1 atom stereocenters. The number of para-hydroxylation sites is 1. The smallest absolute Gasteiger partial charge is 0.315 e. The maximum atomic E-state index is 11.2. The Kier molecular flexibility index (Phi) is 3.82. The first-order chi connectivity index (χ1) is 9.17. The minimum absolute atomic E-state index is 0.0311. The molecule has 0 radical (unpaired) electrons. The van der Waals surface area contributed by atoms with Crippen molar-refractivity contribution in [2.45, 2.75) is 6.10 Å². The molecular formula is C12H14N4O3. The Morgan fingerprint density at radius 2 is 2.42 bits per heavy atom. The molecule has 1 heterocycles. The number of anilines is 2. The Labute approximate surface area is 110 Å². The van der Waals surface area contributed by atoms with E-state index in [4.69, 9.17) is 10.00 Å². The molecule has 1 saturated heterocycles. The Hall–Kier alpha value is -2.33. The van der Waals surface area contributed by atoms with E-state index < -0.39 is 11.0 Å². The molecule has 7 nitrogen and oxygen atoms in total. The highest BCUT2D eigenvalue weighted by Gasteiger charge is 2.27. The predicted molar refractivity (Wildman–Crippen MR) is 70.2 cm³/mol. The van der Waals surface area contributed by atoms with Crippen LogP contribution < -0.4 is 10.2 Å². The zero-order valence-electron chi connectivity index (χ0n) is 10.5. The number of hydrogen-bond acceptors (Lipinski definition) is 6. The number of nitro groups is 1. The van der Waals surface area contributed by atoms with Gasteiger partial charge < -0.3 is 15.0 Å². The molecule has 100 valence electrons. The molecule has 0 spiro atoms. The van der Waals surface area contributed by atoms with Crippen LogP contribution in [0.2, 0.25) is 0 Å². The van der Waals surface area contributed by atoms with Gasteiger partial charge in [-0.1, -0.05) is 6.07 Å². The standard InChI is InChI=1S/C12H14N4O3/c1-14-10-3-2-4-11(12(10)16(17)18)15-5-6-19-9(7-13)8-15/h2-4,9,14H,5-6,8H2,1H3. The molecule has 0 aromatic heterocycles. The summed E-state index contributed by atoms with van der Waals surface area (Å²) in [4.78, 5) is 12.6. The van der Waals surface area contributed by atoms with Gasteiger partial charge in [0, 0.05) is 13.6 Å². The van der Waals surface area contributed by atoms with Crippen LogP contribution in [0.3, 0.4) is 0 Å². The quantitative estimate of drug-likeness (QED) is 0.653. The van der Waals surface area contributed by atoms with Gasteiger partial charge in [-0.2, -0.15) is 5.26 Å². The van der Waals surface area contributed by atoms with Gasteiger partial charge >= 0.3 is 5.69 Å². The third-order valence-electron chi connectivity index (χ3n) is 3.02. The summed E-state index contributed by atoms with van der Waals surface area (Å²) < 4.78 is 5.25. The maximum Gasteiger partial charge on any atom is 0.315 e. The molecule has 2 rings (SSSR count). The Balaban J connectivity index is 2.39. The molecule has 0 amide bonds. The number of rotatable bonds is 3. The minimum atomic E-state index is -0.549. The predicted octanol–water partition coefficient (Wildman–Crippen LogP) is 1.37. The van der Waals surface area contributed by atoms with Crippen LogP contribution in [0.1, 0.15) is 0 Å². The second kappa shape index (κ2) is 5.54. The molecule has 1 aromatic rings. The van der Waals surface area contributed by atoms with E-state index in [2.05, 4.69) is 5.32 Å². The summed E-state index contributed by atoms with van der Waals surface area (Å²) in [5, 5.41) is 22.9. The van der Waals surface area contributed by atoms with Crippen LogP contribution in [-0.4, -0.2) is 37.8 Å². The Morgan fingerprint density at radius 1 is 1.63 bits per heavy atom. The second-order valence-corrected chi connectivity index (χ2v) is 4.11. The summed E-state index contributed by atoms with van der Waals surface area (Å²) in [7, 11) is 1.64. The van der Waals surface area contributed by atoms with Crippen molar-refractivity contribution < 1.29 is 9.66 Å². The summed E-state index contributed by atoms with van der Waals surface area (Å²) in [5.41, 5.74) is 1.01. The SMILES string of the molecule is CNc1cccc(N2CCOC(C#N)C2)c1[N+](=O)[O-]. The van der Waals surface area contributed by atoms with E-state index in [0.29, 0.717) is 31.1 Å². The highest BCUT2D eigenvalue weighted by molar-refractivity contribution is 5.77. The van der Waals surface area contributed by atoms with Gasteiger partial charge in [0.1, 0.15) is 11.4 Å². The van der Waals surface area contributed by atoms with Crippen molar-refractivity contribution in [1.82, 2.24) is 0 Å². The molecule has 0 bridgehead atoms. The van der Waals surface area contributed by atoms with Crippen molar-refractivity contribution in [3.63, 3.8) is 0 Å². The lowest BCUT2D eigenvalue weighted by molar-refractivity contribution is -0.383. The third-order valence-corrected chi connectivity index (χ3v) is 3.02. The number of ether oxygens (including phenoxy) is 1. The number of benzene rings is 1. The van der Waals surface area contributed by atoms with E-state index >= 15 is 0 Å². The Bertz CT molecular complexity index is 526. The number of hydrogen-bond donors (Lipinski definition) is 1. The molecule has 0 aliphatic carbocycles. The van der Waals surface area contributed by atoms with Gasteiger partial charge in [0.05, 0.1) is 24.1 Å². The zero-order valence-corrected chi connectivity index (χ0v) is 10.5. The zero-order chi connectivity index (χ0) is 13.8. The number of morpholine rings is 1. The highest BCUT2D eigenvalue weighted by atomic mass is 16.6. The second-order valence-electron chi connectivity index (χ2n) is 4.11. The Morgan fingerprint density at radius 3 is 3.05 bits per heavy atom. The average Bonchev–Trinajstić information content (AvgIpc) is 2.46. The fourth-order valence-electron chi connectivity index (χ4n) is 2.13. The van der Waals surface area contributed by atoms with Gasteiger partial charge in [-0.05, 0) is 12.1 Å². The van der Waals surface area contributed by atoms with Crippen LogP contribution in [0.4, 0.5) is 17.1 Å². The monoisotopic (exact) mass is 262 g/mol. The number of nitrogens with zero attached hydrogens (tertiary/aromatic N) is 3. The number of nitrogens with one attached hydrogen (secondary N) is 1. The summed E-state index contributed by atoms with van der Waals surface area (Å²) in [6.07, 6.45) is -0.549. The van der Waals surface area contributed by atoms with Gasteiger partial charge in [-0.25, -0.2) is 0 Å². The molecule has 19 heavy (non-hydrogen) atoms. The van der Waals surface area contributed by atoms with Crippen LogP contribution in [-0.2, 0) is 4.74 Å². The van der Waals surface area contributed by atoms with Gasteiger partial charge in [0.2, 0.25) is 0 Å². The summed E-state index contributed by atoms with van der Waals surface area (Å²) >= 11 is 0. The topological polar surface area (TPSA) is 91.4 Å². The van der Waals surface area contributed by atoms with Crippen molar-refractivity contribution in [2.75, 3.05) is 37.0 Å². The van der Waals surface area contributed by atoms with E-state index in [9.17, 15) is 10.1 Å². The van der Waals surface area contributed by atoms with E-state index in [1.165, 1.54) is 0 Å². The molecule has 1 fully saturated rings. The first-order valence-corrected chi connectivity index (χ1v) is 5.88. The molecule has 1 unspecified atom stereocenters. The molecule has 1 aromatic carbocycles. The number of nitro benzene ring substituents is 1. The van der Waals surface area contributed by atoms with Crippen LogP contribution in [0.5, 0.6) is 0 Å². The van der Waals surface area contributed by atoms with Crippen molar-refractivity contribution in [3.8, 4) is 6.07 Å². The lowest BCUT2D eigenvalue weighted by atomic mass is 10.2. The molecule has 1 N–H and O–H groups in total. The first kappa shape index (κ1) is 13.1. The lowest BCUT2D eigenvalue weighted by Gasteiger charge is -2.31. The van der Waals surface area contributed by atoms with Gasteiger partial charge in [0.15, 0.2) is 6.10 Å². The van der Waals surface area contributed by atoms with E-state index in [0.717, 1.165) is 0 Å². The van der Waals surface area contributed by atoms with Crippen molar-refractivity contribution in [3.05, 3.63) is 28.3 Å². The molecule has 1 aliphatic rings. The maximum absolute atomic E-state index is 11.2. The summed E-state index contributed by atoms with van der Waals surface area (Å²) in [5.74, 6) is 0. The normalized spacial score (nSPS) is 18.7. The third kappa shape index (κ3) is 2.58. The van der Waals surface area contributed by atoms with Gasteiger partial charge in [-0.15, -0.1) is 0 Å². The van der Waals surface area contributed by atoms with E-state index in [1.54, 1.807) is 25.2 Å². The average molecular weight is 262 g/mol. The lowest BCUT2D eigenvalue weighted by Crippen LogP contribution is -2.42. The van der Waals surface area contributed by atoms with Crippen molar-refractivity contribution >= 4 is 17.1 Å². The van der Waals surface area contributed by atoms with Crippen molar-refractivity contribution in [2.24, 2.45) is 0 Å². The fraction of sp³-hybridized carbons (Fsp3) is 0.417. The van der Waals surface area contributed by atoms with Crippen LogP contribution >= 0.6 is 0 Å². The first-order valence-electron chi connectivity index (χ1n) is 5.88. The summed E-state index contributed by atoms with van der Waals surface area (Å²) in [6, 6.07) is 7.14. The molecular weight excluding hydrogens is 248 g/mol. The highest BCUT2D eigenvalue weighted by Crippen LogP contribution is 2.35. The number of nitriles is 1. The van der Waals surface area contributed by atoms with E-state index in [-0.39, 0.29) is 5.69 Å². The van der Waals surface area contributed by atoms with Crippen molar-refractivity contribution in [1.29, 1.82) is 5.26 Å². The largest absolute Gasteiger partial charge is 0.382 e. The van der Waals surface area contributed by atoms with Crippen LogP contribution in [0.25, 0.3) is 0 Å². The van der Waals surface area contributed by atoms with Gasteiger partial charge in [-0.3, -0.25) is 10.1 Å². The van der Waals surface area contributed by atoms with Crippen LogP contribution in [0, 0.1) is 21.4 Å². The fourth-order valence-corrected chi connectivity index (χ4v) is 2.13. The molecule has 7 heteroatoms. The molecule has 1 aliphatic heterocycles. The molecule has 0 saturated carbocycles. The van der Waals surface area contributed by atoms with E-state index in [1.807, 2.05) is 11.0 Å². The summed E-state index contributed by atoms with van der Waals surface area (Å²) in [6.45, 7) is 1.26. The van der Waals surface area contributed by atoms with Gasteiger partial charge in [0.25, 0.3) is 0 Å². The van der Waals surface area contributed by atoms with Crippen LogP contribution in [0.15, 0.2) is 18.2 Å². The minimum Gasteiger partial charge on any atom is -0.382 e.